The van der Waals surface area contributed by atoms with Gasteiger partial charge in [0.25, 0.3) is 10.1 Å². The van der Waals surface area contributed by atoms with Gasteiger partial charge in [-0.3, -0.25) is 4.55 Å². The molecule has 0 amide bonds. The molecule has 0 aliphatic carbocycles. The third kappa shape index (κ3) is 8.15. The molecule has 1 aromatic rings. The lowest BCUT2D eigenvalue weighted by Crippen LogP contribution is -2.37. The average molecular weight is 497 g/mol. The fraction of sp³-hybridized carbons (Fsp3) is 0.786. The Morgan fingerprint density at radius 3 is 2.26 bits per heavy atom. The summed E-state index contributed by atoms with van der Waals surface area (Å²) in [4.78, 5) is 0. The molecule has 2 rings (SSSR count). The zero-order valence-corrected chi connectivity index (χ0v) is 23.6. The van der Waals surface area contributed by atoms with Crippen LogP contribution in [0.5, 0.6) is 11.5 Å². The quantitative estimate of drug-likeness (QED) is 0.289. The van der Waals surface area contributed by atoms with Gasteiger partial charge < -0.3 is 9.47 Å². The Morgan fingerprint density at radius 2 is 1.68 bits per heavy atom. The summed E-state index contributed by atoms with van der Waals surface area (Å²) in [7, 11) is -4.10. The number of rotatable bonds is 13. The van der Waals surface area contributed by atoms with Gasteiger partial charge in [-0.1, -0.05) is 53.4 Å². The summed E-state index contributed by atoms with van der Waals surface area (Å²) in [5.74, 6) is 2.86. The predicted octanol–water partition coefficient (Wildman–Crippen LogP) is 7.37. The molecule has 1 aliphatic rings. The molecule has 3 unspecified atom stereocenters. The lowest BCUT2D eigenvalue weighted by molar-refractivity contribution is 0.0510. The molecule has 6 heteroatoms. The van der Waals surface area contributed by atoms with Crippen LogP contribution >= 0.6 is 0 Å². The molecule has 1 aliphatic heterocycles. The molecule has 1 N–H and O–H groups in total. The number of hydrogen-bond acceptors (Lipinski definition) is 4. The van der Waals surface area contributed by atoms with Crippen molar-refractivity contribution in [2.24, 2.45) is 11.8 Å². The van der Waals surface area contributed by atoms with Crippen molar-refractivity contribution in [3.05, 3.63) is 22.3 Å². The second kappa shape index (κ2) is 12.1. The van der Waals surface area contributed by atoms with Gasteiger partial charge in [0.1, 0.15) is 29.0 Å². The maximum absolute atomic E-state index is 11.4. The molecule has 196 valence electrons. The van der Waals surface area contributed by atoms with Gasteiger partial charge in [0, 0.05) is 5.56 Å². The van der Waals surface area contributed by atoms with Crippen LogP contribution < -0.4 is 9.47 Å². The van der Waals surface area contributed by atoms with Crippen LogP contribution in [0.3, 0.4) is 0 Å². The fourth-order valence-electron chi connectivity index (χ4n) is 5.11. The first-order chi connectivity index (χ1) is 15.8. The molecule has 0 bridgehead atoms. The van der Waals surface area contributed by atoms with Crippen molar-refractivity contribution < 1.29 is 22.4 Å². The summed E-state index contributed by atoms with van der Waals surface area (Å²) in [5, 5.41) is 0. The van der Waals surface area contributed by atoms with E-state index in [0.717, 1.165) is 59.3 Å². The first-order valence-electron chi connectivity index (χ1n) is 13.2. The minimum atomic E-state index is -4.10. The van der Waals surface area contributed by atoms with Gasteiger partial charge in [-0.25, -0.2) is 0 Å². The predicted molar refractivity (Wildman–Crippen MR) is 141 cm³/mol. The third-order valence-corrected chi connectivity index (χ3v) is 8.37. The van der Waals surface area contributed by atoms with Crippen LogP contribution in [0.1, 0.15) is 108 Å². The van der Waals surface area contributed by atoms with Gasteiger partial charge in [-0.05, 0) is 88.3 Å². The van der Waals surface area contributed by atoms with Crippen molar-refractivity contribution in [2.75, 3.05) is 5.75 Å². The Hall–Kier alpha value is -1.27. The van der Waals surface area contributed by atoms with Crippen molar-refractivity contribution in [3.8, 4) is 11.5 Å². The molecule has 5 nitrogen and oxygen atoms in total. The lowest BCUT2D eigenvalue weighted by Gasteiger charge is -2.38. The van der Waals surface area contributed by atoms with E-state index < -0.39 is 22.0 Å². The van der Waals surface area contributed by atoms with Gasteiger partial charge in [0.2, 0.25) is 0 Å². The molecule has 0 saturated heterocycles. The Bertz CT molecular complexity index is 921. The van der Waals surface area contributed by atoms with Crippen LogP contribution in [0.2, 0.25) is 0 Å². The van der Waals surface area contributed by atoms with Crippen molar-refractivity contribution in [1.29, 1.82) is 0 Å². The summed E-state index contributed by atoms with van der Waals surface area (Å²) < 4.78 is 44.9. The monoisotopic (exact) mass is 496 g/mol. The molecule has 34 heavy (non-hydrogen) atoms. The van der Waals surface area contributed by atoms with E-state index >= 15 is 0 Å². The number of fused-ring (bicyclic) bond motifs is 1. The third-order valence-electron chi connectivity index (χ3n) is 7.58. The highest BCUT2D eigenvalue weighted by Gasteiger charge is 2.35. The highest BCUT2D eigenvalue weighted by molar-refractivity contribution is 7.85. The fourth-order valence-corrected chi connectivity index (χ4v) is 5.89. The Labute approximate surface area is 208 Å². The van der Waals surface area contributed by atoms with Crippen LogP contribution in [0.15, 0.2) is 0 Å². The van der Waals surface area contributed by atoms with E-state index in [0.29, 0.717) is 6.42 Å². The van der Waals surface area contributed by atoms with E-state index in [-0.39, 0.29) is 5.60 Å². The van der Waals surface area contributed by atoms with Gasteiger partial charge in [-0.15, -0.1) is 0 Å². The maximum atomic E-state index is 11.4. The zero-order valence-electron chi connectivity index (χ0n) is 22.8. The van der Waals surface area contributed by atoms with Crippen LogP contribution in [0.4, 0.5) is 0 Å². The van der Waals surface area contributed by atoms with Gasteiger partial charge in [0.05, 0.1) is 0 Å². The van der Waals surface area contributed by atoms with E-state index in [9.17, 15) is 13.0 Å². The molecule has 0 fully saturated rings. The van der Waals surface area contributed by atoms with E-state index in [2.05, 4.69) is 34.6 Å². The van der Waals surface area contributed by atoms with Crippen LogP contribution in [0, 0.1) is 32.6 Å². The molecule has 0 aromatic heterocycles. The van der Waals surface area contributed by atoms with Gasteiger partial charge >= 0.3 is 0 Å². The molecule has 1 heterocycles. The summed E-state index contributed by atoms with van der Waals surface area (Å²) in [6.45, 7) is 17.2. The lowest BCUT2D eigenvalue weighted by atomic mass is 9.84. The molecule has 0 spiro atoms. The van der Waals surface area contributed by atoms with Crippen LogP contribution in [-0.2, 0) is 16.5 Å². The highest BCUT2D eigenvalue weighted by atomic mass is 32.2. The second-order valence-corrected chi connectivity index (χ2v) is 12.8. The minimum Gasteiger partial charge on any atom is -0.489 e. The topological polar surface area (TPSA) is 72.8 Å². The van der Waals surface area contributed by atoms with E-state index in [4.69, 9.17) is 9.47 Å². The first kappa shape index (κ1) is 29.0. The van der Waals surface area contributed by atoms with Crippen molar-refractivity contribution >= 4 is 10.1 Å². The SMILES string of the molecule is CCC(CS(=O)(=O)O)Oc1c(C)c(C)c2c(c1C)CCC(C)(CCCC(C)CCCC(C)C)O2. The normalized spacial score (nSPS) is 20.1. The molecule has 0 radical (unpaired) electrons. The zero-order chi connectivity index (χ0) is 25.7. The van der Waals surface area contributed by atoms with Gasteiger partial charge in [0.15, 0.2) is 0 Å². The Balaban J connectivity index is 2.09. The van der Waals surface area contributed by atoms with Crippen molar-refractivity contribution in [2.45, 2.75) is 125 Å². The van der Waals surface area contributed by atoms with Gasteiger partial charge in [-0.2, -0.15) is 8.42 Å². The molecular formula is C28H48O5S. The number of ether oxygens (including phenoxy) is 2. The summed E-state index contributed by atoms with van der Waals surface area (Å²) in [6.07, 6.45) is 9.26. The molecular weight excluding hydrogens is 448 g/mol. The largest absolute Gasteiger partial charge is 0.489 e. The van der Waals surface area contributed by atoms with Crippen molar-refractivity contribution in [3.63, 3.8) is 0 Å². The maximum Gasteiger partial charge on any atom is 0.268 e. The van der Waals surface area contributed by atoms with E-state index in [1.54, 1.807) is 0 Å². The molecule has 0 saturated carbocycles. The van der Waals surface area contributed by atoms with Crippen molar-refractivity contribution in [1.82, 2.24) is 0 Å². The summed E-state index contributed by atoms with van der Waals surface area (Å²) in [6, 6.07) is 0. The standard InChI is InChI=1S/C28H48O5S/c1-9-24(18-34(29,30)31)32-26-21(5)22(6)27-25(23(26)7)15-17-28(8,33-27)16-11-14-20(4)13-10-12-19(2)3/h19-20,24H,9-18H2,1-8H3,(H,29,30,31). The van der Waals surface area contributed by atoms with E-state index in [1.807, 2.05) is 20.8 Å². The number of hydrogen-bond donors (Lipinski definition) is 1. The Morgan fingerprint density at radius 1 is 1.03 bits per heavy atom. The Kier molecular flexibility index (Phi) is 10.3. The summed E-state index contributed by atoms with van der Waals surface area (Å²) in [5.41, 5.74) is 4.07. The van der Waals surface area contributed by atoms with Crippen LogP contribution in [0.25, 0.3) is 0 Å². The average Bonchev–Trinajstić information content (AvgIpc) is 2.73. The second-order valence-electron chi connectivity index (χ2n) is 11.3. The summed E-state index contributed by atoms with van der Waals surface area (Å²) >= 11 is 0. The first-order valence-corrected chi connectivity index (χ1v) is 14.8. The smallest absolute Gasteiger partial charge is 0.268 e. The van der Waals surface area contributed by atoms with E-state index in [1.165, 1.54) is 37.7 Å². The molecule has 3 atom stereocenters. The number of benzene rings is 1. The van der Waals surface area contributed by atoms with Crippen LogP contribution in [-0.4, -0.2) is 30.4 Å². The highest BCUT2D eigenvalue weighted by Crippen LogP contribution is 2.45. The minimum absolute atomic E-state index is 0.159. The molecule has 1 aromatic carbocycles.